The van der Waals surface area contributed by atoms with Gasteiger partial charge in [-0.15, -0.1) is 0 Å². The number of aromatic nitrogens is 2. The number of benzene rings is 2. The summed E-state index contributed by atoms with van der Waals surface area (Å²) in [5.74, 6) is 0. The third-order valence-electron chi connectivity index (χ3n) is 3.61. The van der Waals surface area contributed by atoms with Crippen LogP contribution in [-0.4, -0.2) is 9.78 Å². The number of hydrogen-bond donors (Lipinski definition) is 1. The van der Waals surface area contributed by atoms with Gasteiger partial charge in [-0.25, -0.2) is 0 Å². The molecule has 0 fully saturated rings. The second kappa shape index (κ2) is 5.83. The second-order valence-electron chi connectivity index (χ2n) is 5.22. The minimum absolute atomic E-state index is 0.212. The normalized spacial score (nSPS) is 12.1. The van der Waals surface area contributed by atoms with E-state index < -0.39 is 0 Å². The molecule has 1 aromatic heterocycles. The van der Waals surface area contributed by atoms with Crippen molar-refractivity contribution in [2.45, 2.75) is 13.0 Å². The van der Waals surface area contributed by atoms with Crippen LogP contribution < -0.4 is 5.32 Å². The van der Waals surface area contributed by atoms with Crippen LogP contribution in [0.4, 0.5) is 5.69 Å². The van der Waals surface area contributed by atoms with E-state index in [9.17, 15) is 0 Å². The van der Waals surface area contributed by atoms with Gasteiger partial charge in [-0.05, 0) is 18.6 Å². The number of nitrogens with zero attached hydrogens (tertiary/aromatic N) is 2. The highest BCUT2D eigenvalue weighted by Gasteiger charge is 2.10. The Morgan fingerprint density at radius 1 is 1.00 bits per heavy atom. The molecule has 3 nitrogen and oxygen atoms in total. The van der Waals surface area contributed by atoms with E-state index in [1.807, 2.05) is 30.2 Å². The zero-order valence-electron chi connectivity index (χ0n) is 12.3. The summed E-state index contributed by atoms with van der Waals surface area (Å²) in [4.78, 5) is 0. The lowest BCUT2D eigenvalue weighted by molar-refractivity contribution is 0.765. The number of anilines is 1. The highest BCUT2D eigenvalue weighted by molar-refractivity contribution is 5.78. The van der Waals surface area contributed by atoms with Gasteiger partial charge in [0, 0.05) is 30.1 Å². The SMILES string of the molecule is CC(Nc1ccccc1-c1ccccc1)c1cnn(C)c1. The summed E-state index contributed by atoms with van der Waals surface area (Å²) in [5, 5.41) is 7.82. The van der Waals surface area contributed by atoms with Crippen molar-refractivity contribution in [2.75, 3.05) is 5.32 Å². The Morgan fingerprint density at radius 3 is 2.43 bits per heavy atom. The van der Waals surface area contributed by atoms with Crippen LogP contribution in [0.2, 0.25) is 0 Å². The van der Waals surface area contributed by atoms with E-state index in [1.54, 1.807) is 0 Å². The summed E-state index contributed by atoms with van der Waals surface area (Å²) in [5.41, 5.74) is 4.76. The zero-order valence-corrected chi connectivity index (χ0v) is 12.3. The third kappa shape index (κ3) is 2.97. The quantitative estimate of drug-likeness (QED) is 0.772. The van der Waals surface area contributed by atoms with Gasteiger partial charge in [0.05, 0.1) is 12.2 Å². The predicted octanol–water partition coefficient (Wildman–Crippen LogP) is 4.26. The fourth-order valence-corrected chi connectivity index (χ4v) is 2.46. The Labute approximate surface area is 125 Å². The summed E-state index contributed by atoms with van der Waals surface area (Å²) in [6.07, 6.45) is 3.95. The first-order chi connectivity index (χ1) is 10.2. The minimum Gasteiger partial charge on any atom is -0.378 e. The molecule has 0 aliphatic heterocycles. The van der Waals surface area contributed by atoms with Gasteiger partial charge in [0.15, 0.2) is 0 Å². The van der Waals surface area contributed by atoms with Crippen LogP contribution in [0.3, 0.4) is 0 Å². The Balaban J connectivity index is 1.89. The smallest absolute Gasteiger partial charge is 0.0542 e. The predicted molar refractivity (Wildman–Crippen MR) is 87.1 cm³/mol. The van der Waals surface area contributed by atoms with Crippen LogP contribution in [0.15, 0.2) is 67.0 Å². The molecular weight excluding hydrogens is 258 g/mol. The summed E-state index contributed by atoms with van der Waals surface area (Å²) < 4.78 is 1.83. The zero-order chi connectivity index (χ0) is 14.7. The lowest BCUT2D eigenvalue weighted by Gasteiger charge is -2.17. The van der Waals surface area contributed by atoms with Gasteiger partial charge in [0.1, 0.15) is 0 Å². The highest BCUT2D eigenvalue weighted by atomic mass is 15.2. The molecule has 0 bridgehead atoms. The van der Waals surface area contributed by atoms with Crippen LogP contribution >= 0.6 is 0 Å². The van der Waals surface area contributed by atoms with Crippen molar-refractivity contribution >= 4 is 5.69 Å². The largest absolute Gasteiger partial charge is 0.378 e. The van der Waals surface area contributed by atoms with Crippen molar-refractivity contribution in [1.82, 2.24) is 9.78 Å². The number of rotatable bonds is 4. The molecule has 0 radical (unpaired) electrons. The van der Waals surface area contributed by atoms with Crippen molar-refractivity contribution in [1.29, 1.82) is 0 Å². The van der Waals surface area contributed by atoms with Gasteiger partial charge in [0.2, 0.25) is 0 Å². The lowest BCUT2D eigenvalue weighted by atomic mass is 10.0. The first-order valence-electron chi connectivity index (χ1n) is 7.13. The molecular formula is C18H19N3. The number of para-hydroxylation sites is 1. The molecule has 0 spiro atoms. The molecule has 0 aliphatic carbocycles. The summed E-state index contributed by atoms with van der Waals surface area (Å²) in [6, 6.07) is 19.1. The average Bonchev–Trinajstić information content (AvgIpc) is 2.95. The molecule has 0 amide bonds. The standard InChI is InChI=1S/C18H19N3/c1-14(16-12-19-21(2)13-16)20-18-11-7-6-10-17(18)15-8-4-3-5-9-15/h3-14,20H,1-2H3. The molecule has 3 heteroatoms. The van der Waals surface area contributed by atoms with E-state index in [1.165, 1.54) is 16.7 Å². The molecule has 3 rings (SSSR count). The molecule has 0 saturated heterocycles. The maximum absolute atomic E-state index is 4.24. The molecule has 1 N–H and O–H groups in total. The van der Waals surface area contributed by atoms with Crippen molar-refractivity contribution in [3.05, 3.63) is 72.6 Å². The fraction of sp³-hybridized carbons (Fsp3) is 0.167. The Bertz CT molecular complexity index is 716. The Hall–Kier alpha value is -2.55. The van der Waals surface area contributed by atoms with E-state index in [-0.39, 0.29) is 6.04 Å². The van der Waals surface area contributed by atoms with Crippen molar-refractivity contribution < 1.29 is 0 Å². The maximum Gasteiger partial charge on any atom is 0.0542 e. The van der Waals surface area contributed by atoms with E-state index >= 15 is 0 Å². The Kier molecular flexibility index (Phi) is 3.73. The van der Waals surface area contributed by atoms with Crippen LogP contribution in [-0.2, 0) is 7.05 Å². The van der Waals surface area contributed by atoms with Crippen LogP contribution in [0.1, 0.15) is 18.5 Å². The van der Waals surface area contributed by atoms with Crippen LogP contribution in [0.5, 0.6) is 0 Å². The topological polar surface area (TPSA) is 29.9 Å². The monoisotopic (exact) mass is 277 g/mol. The molecule has 106 valence electrons. The summed E-state index contributed by atoms with van der Waals surface area (Å²) in [6.45, 7) is 2.15. The highest BCUT2D eigenvalue weighted by Crippen LogP contribution is 2.30. The van der Waals surface area contributed by atoms with Gasteiger partial charge < -0.3 is 5.32 Å². The third-order valence-corrected chi connectivity index (χ3v) is 3.61. The number of nitrogens with one attached hydrogen (secondary N) is 1. The molecule has 1 unspecified atom stereocenters. The molecule has 2 aromatic carbocycles. The van der Waals surface area contributed by atoms with Crippen molar-refractivity contribution in [3.8, 4) is 11.1 Å². The van der Waals surface area contributed by atoms with Crippen molar-refractivity contribution in [2.24, 2.45) is 7.05 Å². The molecule has 0 aliphatic rings. The van der Waals surface area contributed by atoms with E-state index in [4.69, 9.17) is 0 Å². The first-order valence-corrected chi connectivity index (χ1v) is 7.13. The molecule has 3 aromatic rings. The number of hydrogen-bond acceptors (Lipinski definition) is 2. The molecule has 21 heavy (non-hydrogen) atoms. The summed E-state index contributed by atoms with van der Waals surface area (Å²) in [7, 11) is 1.94. The van der Waals surface area contributed by atoms with Crippen molar-refractivity contribution in [3.63, 3.8) is 0 Å². The maximum atomic E-state index is 4.24. The molecule has 0 saturated carbocycles. The lowest BCUT2D eigenvalue weighted by Crippen LogP contribution is -2.06. The van der Waals surface area contributed by atoms with Crippen LogP contribution in [0.25, 0.3) is 11.1 Å². The van der Waals surface area contributed by atoms with Crippen LogP contribution in [0, 0.1) is 0 Å². The van der Waals surface area contributed by atoms with Gasteiger partial charge >= 0.3 is 0 Å². The van der Waals surface area contributed by atoms with Gasteiger partial charge in [-0.1, -0.05) is 48.5 Å². The van der Waals surface area contributed by atoms with Gasteiger partial charge in [-0.2, -0.15) is 5.10 Å². The molecule has 1 heterocycles. The molecule has 1 atom stereocenters. The van der Waals surface area contributed by atoms with Gasteiger partial charge in [0.25, 0.3) is 0 Å². The van der Waals surface area contributed by atoms with E-state index in [0.717, 1.165) is 5.69 Å². The van der Waals surface area contributed by atoms with E-state index in [0.29, 0.717) is 0 Å². The second-order valence-corrected chi connectivity index (χ2v) is 5.22. The van der Waals surface area contributed by atoms with E-state index in [2.05, 4.69) is 65.9 Å². The fourth-order valence-electron chi connectivity index (χ4n) is 2.46. The average molecular weight is 277 g/mol. The summed E-state index contributed by atoms with van der Waals surface area (Å²) >= 11 is 0. The van der Waals surface area contributed by atoms with Gasteiger partial charge in [-0.3, -0.25) is 4.68 Å². The number of aryl methyl sites for hydroxylation is 1. The first kappa shape index (κ1) is 13.4. The minimum atomic E-state index is 0.212. The Morgan fingerprint density at radius 2 is 1.71 bits per heavy atom.